The molecule has 1 heterocycles. The summed E-state index contributed by atoms with van der Waals surface area (Å²) in [5.41, 5.74) is 2.11. The average molecular weight is 220 g/mol. The van der Waals surface area contributed by atoms with Crippen molar-refractivity contribution in [3.8, 4) is 5.69 Å². The maximum atomic E-state index is 13.1. The number of rotatable bonds is 2. The maximum Gasteiger partial charge on any atom is 0.123 e. The van der Waals surface area contributed by atoms with E-state index in [1.54, 1.807) is 23.9 Å². The van der Waals surface area contributed by atoms with Crippen LogP contribution >= 0.6 is 0 Å². The predicted octanol–water partition coefficient (Wildman–Crippen LogP) is 2.37. The van der Waals surface area contributed by atoms with Crippen LogP contribution in [-0.2, 0) is 0 Å². The Balaban J connectivity index is 2.56. The van der Waals surface area contributed by atoms with Crippen molar-refractivity contribution >= 4 is 0 Å². The van der Waals surface area contributed by atoms with Crippen LogP contribution in [0.4, 0.5) is 4.39 Å². The molecule has 0 bridgehead atoms. The molecule has 1 aromatic carbocycles. The number of benzene rings is 1. The lowest BCUT2D eigenvalue weighted by molar-refractivity contribution is 0.198. The summed E-state index contributed by atoms with van der Waals surface area (Å²) >= 11 is 0. The van der Waals surface area contributed by atoms with Crippen LogP contribution in [0.5, 0.6) is 0 Å². The number of hydrogen-bond acceptors (Lipinski definition) is 2. The van der Waals surface area contributed by atoms with E-state index in [4.69, 9.17) is 0 Å². The number of hydrogen-bond donors (Lipinski definition) is 1. The summed E-state index contributed by atoms with van der Waals surface area (Å²) in [4.78, 5) is 0. The number of halogens is 1. The van der Waals surface area contributed by atoms with Gasteiger partial charge in [-0.1, -0.05) is 0 Å². The van der Waals surface area contributed by atoms with Crippen LogP contribution in [0.1, 0.15) is 24.3 Å². The molecule has 0 aliphatic rings. The van der Waals surface area contributed by atoms with E-state index in [1.165, 1.54) is 12.1 Å². The molecule has 1 aromatic heterocycles. The van der Waals surface area contributed by atoms with Gasteiger partial charge in [0.15, 0.2) is 0 Å². The van der Waals surface area contributed by atoms with Gasteiger partial charge in [-0.2, -0.15) is 5.10 Å². The molecule has 2 aromatic rings. The van der Waals surface area contributed by atoms with Crippen molar-refractivity contribution in [3.63, 3.8) is 0 Å². The standard InChI is InChI=1S/C12H13FN2O/c1-8-5-6-15(14-8)12-4-3-10(13)7-11(12)9(2)16/h3-7,9,16H,1-2H3. The molecule has 0 amide bonds. The summed E-state index contributed by atoms with van der Waals surface area (Å²) < 4.78 is 14.7. The molecule has 0 saturated carbocycles. The Morgan fingerprint density at radius 3 is 2.69 bits per heavy atom. The Kier molecular flexibility index (Phi) is 2.75. The first-order valence-electron chi connectivity index (χ1n) is 5.08. The van der Waals surface area contributed by atoms with Gasteiger partial charge in [0, 0.05) is 11.8 Å². The molecule has 3 nitrogen and oxygen atoms in total. The first-order valence-corrected chi connectivity index (χ1v) is 5.08. The highest BCUT2D eigenvalue weighted by molar-refractivity contribution is 5.42. The molecule has 0 fully saturated rings. The van der Waals surface area contributed by atoms with Crippen LogP contribution in [-0.4, -0.2) is 14.9 Å². The van der Waals surface area contributed by atoms with E-state index in [2.05, 4.69) is 5.10 Å². The smallest absolute Gasteiger partial charge is 0.123 e. The molecule has 2 rings (SSSR count). The predicted molar refractivity (Wildman–Crippen MR) is 58.9 cm³/mol. The normalized spacial score (nSPS) is 12.8. The molecule has 1 atom stereocenters. The lowest BCUT2D eigenvalue weighted by Crippen LogP contribution is -2.04. The fourth-order valence-corrected chi connectivity index (χ4v) is 1.62. The minimum Gasteiger partial charge on any atom is -0.389 e. The van der Waals surface area contributed by atoms with Crippen molar-refractivity contribution in [2.75, 3.05) is 0 Å². The van der Waals surface area contributed by atoms with Crippen LogP contribution < -0.4 is 0 Å². The second kappa shape index (κ2) is 4.06. The Labute approximate surface area is 93.2 Å². The first-order chi connectivity index (χ1) is 7.58. The minimum atomic E-state index is -0.727. The van der Waals surface area contributed by atoms with Crippen molar-refractivity contribution in [2.45, 2.75) is 20.0 Å². The van der Waals surface area contributed by atoms with Gasteiger partial charge in [0.25, 0.3) is 0 Å². The van der Waals surface area contributed by atoms with Crippen LogP contribution in [0.15, 0.2) is 30.5 Å². The van der Waals surface area contributed by atoms with Crippen LogP contribution in [0.25, 0.3) is 5.69 Å². The van der Waals surface area contributed by atoms with Crippen molar-refractivity contribution in [2.24, 2.45) is 0 Å². The van der Waals surface area contributed by atoms with Crippen LogP contribution in [0.3, 0.4) is 0 Å². The van der Waals surface area contributed by atoms with Gasteiger partial charge in [-0.05, 0) is 38.1 Å². The topological polar surface area (TPSA) is 38.0 Å². The van der Waals surface area contributed by atoms with E-state index < -0.39 is 6.10 Å². The zero-order valence-electron chi connectivity index (χ0n) is 9.18. The fraction of sp³-hybridized carbons (Fsp3) is 0.250. The van der Waals surface area contributed by atoms with Gasteiger partial charge in [-0.15, -0.1) is 0 Å². The molecule has 0 spiro atoms. The fourth-order valence-electron chi connectivity index (χ4n) is 1.62. The van der Waals surface area contributed by atoms with E-state index in [1.807, 2.05) is 13.0 Å². The summed E-state index contributed by atoms with van der Waals surface area (Å²) in [7, 11) is 0. The van der Waals surface area contributed by atoms with Gasteiger partial charge >= 0.3 is 0 Å². The van der Waals surface area contributed by atoms with Crippen molar-refractivity contribution in [3.05, 3.63) is 47.5 Å². The second-order valence-electron chi connectivity index (χ2n) is 3.78. The number of aromatic nitrogens is 2. The molecule has 1 unspecified atom stereocenters. The van der Waals surface area contributed by atoms with Crippen molar-refractivity contribution in [1.29, 1.82) is 0 Å². The largest absolute Gasteiger partial charge is 0.389 e. The Hall–Kier alpha value is -1.68. The van der Waals surface area contributed by atoms with Gasteiger partial charge in [0.2, 0.25) is 0 Å². The van der Waals surface area contributed by atoms with Gasteiger partial charge in [-0.25, -0.2) is 9.07 Å². The van der Waals surface area contributed by atoms with Gasteiger partial charge in [0.05, 0.1) is 17.5 Å². The van der Waals surface area contributed by atoms with Gasteiger partial charge in [0.1, 0.15) is 5.82 Å². The summed E-state index contributed by atoms with van der Waals surface area (Å²) in [5.74, 6) is -0.358. The molecule has 0 aliphatic heterocycles. The molecule has 0 saturated heterocycles. The van der Waals surface area contributed by atoms with E-state index in [-0.39, 0.29) is 5.82 Å². The minimum absolute atomic E-state index is 0.358. The lowest BCUT2D eigenvalue weighted by atomic mass is 10.1. The maximum absolute atomic E-state index is 13.1. The average Bonchev–Trinajstić information content (AvgIpc) is 2.64. The first kappa shape index (κ1) is 10.8. The van der Waals surface area contributed by atoms with Gasteiger partial charge < -0.3 is 5.11 Å². The molecular formula is C12H13FN2O. The summed E-state index contributed by atoms with van der Waals surface area (Å²) in [6.45, 7) is 3.48. The summed E-state index contributed by atoms with van der Waals surface area (Å²) in [6, 6.07) is 6.16. The Bertz CT molecular complexity index is 505. The zero-order valence-corrected chi connectivity index (χ0v) is 9.18. The third-order valence-corrected chi connectivity index (χ3v) is 2.41. The third-order valence-electron chi connectivity index (χ3n) is 2.41. The Morgan fingerprint density at radius 1 is 1.38 bits per heavy atom. The van der Waals surface area contributed by atoms with Crippen LogP contribution in [0, 0.1) is 12.7 Å². The Morgan fingerprint density at radius 2 is 2.12 bits per heavy atom. The number of nitrogens with zero attached hydrogens (tertiary/aromatic N) is 2. The van der Waals surface area contributed by atoms with E-state index in [0.717, 1.165) is 5.69 Å². The van der Waals surface area contributed by atoms with E-state index >= 15 is 0 Å². The second-order valence-corrected chi connectivity index (χ2v) is 3.78. The highest BCUT2D eigenvalue weighted by Crippen LogP contribution is 2.22. The third kappa shape index (κ3) is 1.97. The SMILES string of the molecule is Cc1ccn(-c2ccc(F)cc2C(C)O)n1. The molecule has 1 N–H and O–H groups in total. The summed E-state index contributed by atoms with van der Waals surface area (Å²) in [5, 5.41) is 13.8. The van der Waals surface area contributed by atoms with E-state index in [0.29, 0.717) is 11.3 Å². The number of aliphatic hydroxyl groups is 1. The molecule has 16 heavy (non-hydrogen) atoms. The monoisotopic (exact) mass is 220 g/mol. The highest BCUT2D eigenvalue weighted by atomic mass is 19.1. The molecular weight excluding hydrogens is 207 g/mol. The molecule has 0 aliphatic carbocycles. The zero-order chi connectivity index (χ0) is 11.7. The lowest BCUT2D eigenvalue weighted by Gasteiger charge is -2.11. The highest BCUT2D eigenvalue weighted by Gasteiger charge is 2.11. The number of aliphatic hydroxyl groups excluding tert-OH is 1. The van der Waals surface area contributed by atoms with E-state index in [9.17, 15) is 9.50 Å². The molecule has 84 valence electrons. The van der Waals surface area contributed by atoms with Crippen LogP contribution in [0.2, 0.25) is 0 Å². The summed E-state index contributed by atoms with van der Waals surface area (Å²) in [6.07, 6.45) is 1.06. The van der Waals surface area contributed by atoms with Gasteiger partial charge in [-0.3, -0.25) is 0 Å². The number of aryl methyl sites for hydroxylation is 1. The quantitative estimate of drug-likeness (QED) is 0.843. The molecule has 0 radical (unpaired) electrons. The molecule has 4 heteroatoms. The van der Waals surface area contributed by atoms with Crippen molar-refractivity contribution in [1.82, 2.24) is 9.78 Å². The van der Waals surface area contributed by atoms with Crippen molar-refractivity contribution < 1.29 is 9.50 Å².